The van der Waals surface area contributed by atoms with Gasteiger partial charge in [0.15, 0.2) is 11.2 Å². The normalized spacial score (nSPS) is 16.2. The van der Waals surface area contributed by atoms with Crippen molar-refractivity contribution in [2.45, 2.75) is 25.8 Å². The standard InChI is InChI=1S/C12H16N4O2/c1-7(2)9-4-13-10-11(14-9)16(8-5-18-6-8)15-12(10)17-3/h4,7-8H,5-6H2,1-3H3. The monoisotopic (exact) mass is 248 g/mol. The van der Waals surface area contributed by atoms with Gasteiger partial charge in [0.1, 0.15) is 6.04 Å². The Morgan fingerprint density at radius 1 is 1.44 bits per heavy atom. The molecular weight excluding hydrogens is 232 g/mol. The Morgan fingerprint density at radius 2 is 2.22 bits per heavy atom. The van der Waals surface area contributed by atoms with Crippen LogP contribution in [0.25, 0.3) is 11.2 Å². The van der Waals surface area contributed by atoms with Gasteiger partial charge in [-0.05, 0) is 5.92 Å². The molecule has 0 amide bonds. The molecule has 0 radical (unpaired) electrons. The summed E-state index contributed by atoms with van der Waals surface area (Å²) in [7, 11) is 1.60. The van der Waals surface area contributed by atoms with Gasteiger partial charge in [0.2, 0.25) is 0 Å². The Morgan fingerprint density at radius 3 is 2.78 bits per heavy atom. The van der Waals surface area contributed by atoms with Crippen molar-refractivity contribution in [3.63, 3.8) is 0 Å². The molecule has 1 aliphatic rings. The third kappa shape index (κ3) is 1.64. The molecule has 1 aliphatic heterocycles. The Kier molecular flexibility index (Phi) is 2.66. The summed E-state index contributed by atoms with van der Waals surface area (Å²) in [5.74, 6) is 0.869. The summed E-state index contributed by atoms with van der Waals surface area (Å²) in [6, 6.07) is 0.244. The van der Waals surface area contributed by atoms with Crippen molar-refractivity contribution in [2.24, 2.45) is 0 Å². The zero-order valence-electron chi connectivity index (χ0n) is 10.8. The number of rotatable bonds is 3. The number of aromatic nitrogens is 4. The third-order valence-corrected chi connectivity index (χ3v) is 3.14. The van der Waals surface area contributed by atoms with Crippen LogP contribution in [-0.2, 0) is 4.74 Å². The van der Waals surface area contributed by atoms with E-state index in [1.54, 1.807) is 13.3 Å². The van der Waals surface area contributed by atoms with Crippen LogP contribution in [0.1, 0.15) is 31.5 Å². The molecule has 0 aromatic carbocycles. The molecule has 18 heavy (non-hydrogen) atoms. The predicted octanol–water partition coefficient (Wildman–Crippen LogP) is 1.53. The van der Waals surface area contributed by atoms with Gasteiger partial charge in [-0.1, -0.05) is 13.8 Å². The average Bonchev–Trinajstić information content (AvgIpc) is 2.65. The van der Waals surface area contributed by atoms with Gasteiger partial charge >= 0.3 is 0 Å². The van der Waals surface area contributed by atoms with Crippen LogP contribution >= 0.6 is 0 Å². The fourth-order valence-corrected chi connectivity index (χ4v) is 1.93. The highest BCUT2D eigenvalue weighted by Crippen LogP contribution is 2.28. The summed E-state index contributed by atoms with van der Waals surface area (Å²) >= 11 is 0. The maximum Gasteiger partial charge on any atom is 0.261 e. The number of ether oxygens (including phenoxy) is 2. The first-order valence-corrected chi connectivity index (χ1v) is 6.07. The Labute approximate surface area is 105 Å². The van der Waals surface area contributed by atoms with Crippen LogP contribution in [0.3, 0.4) is 0 Å². The minimum Gasteiger partial charge on any atom is -0.478 e. The highest BCUT2D eigenvalue weighted by atomic mass is 16.5. The molecule has 6 heteroatoms. The van der Waals surface area contributed by atoms with E-state index < -0.39 is 0 Å². The Hall–Kier alpha value is -1.69. The lowest BCUT2D eigenvalue weighted by Crippen LogP contribution is -2.31. The molecule has 0 aliphatic carbocycles. The summed E-state index contributed by atoms with van der Waals surface area (Å²) in [5, 5.41) is 4.42. The maximum atomic E-state index is 5.25. The number of methoxy groups -OCH3 is 1. The van der Waals surface area contributed by atoms with Crippen LogP contribution in [0.4, 0.5) is 0 Å². The zero-order chi connectivity index (χ0) is 12.7. The molecule has 2 aromatic heterocycles. The first-order chi connectivity index (χ1) is 8.70. The lowest BCUT2D eigenvalue weighted by molar-refractivity contribution is -0.0272. The van der Waals surface area contributed by atoms with Crippen LogP contribution in [0.2, 0.25) is 0 Å². The van der Waals surface area contributed by atoms with E-state index in [1.807, 2.05) is 4.68 Å². The number of hydrogen-bond acceptors (Lipinski definition) is 5. The quantitative estimate of drug-likeness (QED) is 0.824. The molecule has 3 rings (SSSR count). The summed E-state index contributed by atoms with van der Waals surface area (Å²) in [4.78, 5) is 9.07. The van der Waals surface area contributed by atoms with Crippen LogP contribution in [0.5, 0.6) is 5.88 Å². The summed E-state index contributed by atoms with van der Waals surface area (Å²) in [5.41, 5.74) is 2.46. The second-order valence-electron chi connectivity index (χ2n) is 4.77. The lowest BCUT2D eigenvalue weighted by Gasteiger charge is -2.26. The molecule has 6 nitrogen and oxygen atoms in total. The molecule has 1 fully saturated rings. The number of nitrogens with zero attached hydrogens (tertiary/aromatic N) is 4. The first-order valence-electron chi connectivity index (χ1n) is 6.07. The molecule has 0 bridgehead atoms. The molecular formula is C12H16N4O2. The van der Waals surface area contributed by atoms with E-state index in [2.05, 4.69) is 28.9 Å². The third-order valence-electron chi connectivity index (χ3n) is 3.14. The molecule has 0 saturated carbocycles. The topological polar surface area (TPSA) is 62.1 Å². The lowest BCUT2D eigenvalue weighted by atomic mass is 10.1. The fraction of sp³-hybridized carbons (Fsp3) is 0.583. The van der Waals surface area contributed by atoms with Crippen LogP contribution in [-0.4, -0.2) is 40.1 Å². The average molecular weight is 248 g/mol. The van der Waals surface area contributed by atoms with E-state index >= 15 is 0 Å². The fourth-order valence-electron chi connectivity index (χ4n) is 1.93. The molecule has 0 spiro atoms. The van der Waals surface area contributed by atoms with E-state index in [-0.39, 0.29) is 6.04 Å². The number of hydrogen-bond donors (Lipinski definition) is 0. The van der Waals surface area contributed by atoms with Gasteiger partial charge in [0, 0.05) is 6.20 Å². The maximum absolute atomic E-state index is 5.25. The Bertz CT molecular complexity index is 575. The second kappa shape index (κ2) is 4.20. The molecule has 0 N–H and O–H groups in total. The molecule has 96 valence electrons. The van der Waals surface area contributed by atoms with E-state index in [9.17, 15) is 0 Å². The second-order valence-corrected chi connectivity index (χ2v) is 4.77. The van der Waals surface area contributed by atoms with Crippen molar-refractivity contribution in [1.82, 2.24) is 19.7 Å². The van der Waals surface area contributed by atoms with Gasteiger partial charge in [-0.25, -0.2) is 14.6 Å². The Balaban J connectivity index is 2.17. The van der Waals surface area contributed by atoms with Crippen LogP contribution < -0.4 is 4.74 Å². The van der Waals surface area contributed by atoms with Gasteiger partial charge in [0.25, 0.3) is 5.88 Å². The van der Waals surface area contributed by atoms with E-state index in [4.69, 9.17) is 9.47 Å². The predicted molar refractivity (Wildman–Crippen MR) is 65.8 cm³/mol. The minimum absolute atomic E-state index is 0.244. The molecule has 1 saturated heterocycles. The van der Waals surface area contributed by atoms with Crippen molar-refractivity contribution in [1.29, 1.82) is 0 Å². The largest absolute Gasteiger partial charge is 0.478 e. The van der Waals surface area contributed by atoms with Crippen LogP contribution in [0.15, 0.2) is 6.20 Å². The van der Waals surface area contributed by atoms with Gasteiger partial charge in [-0.3, -0.25) is 0 Å². The first kappa shape index (κ1) is 11.4. The minimum atomic E-state index is 0.244. The molecule has 0 unspecified atom stereocenters. The highest BCUT2D eigenvalue weighted by molar-refractivity contribution is 5.76. The van der Waals surface area contributed by atoms with Gasteiger partial charge < -0.3 is 9.47 Å². The van der Waals surface area contributed by atoms with Crippen LogP contribution in [0, 0.1) is 0 Å². The van der Waals surface area contributed by atoms with Crippen molar-refractivity contribution in [2.75, 3.05) is 20.3 Å². The molecule has 0 atom stereocenters. The summed E-state index contributed by atoms with van der Waals surface area (Å²) < 4.78 is 12.3. The van der Waals surface area contributed by atoms with Gasteiger partial charge in [0.05, 0.1) is 26.0 Å². The summed E-state index contributed by atoms with van der Waals surface area (Å²) in [6.07, 6.45) is 1.79. The van der Waals surface area contributed by atoms with Gasteiger partial charge in [-0.2, -0.15) is 0 Å². The smallest absolute Gasteiger partial charge is 0.261 e. The number of fused-ring (bicyclic) bond motifs is 1. The van der Waals surface area contributed by atoms with E-state index in [0.717, 1.165) is 11.3 Å². The highest BCUT2D eigenvalue weighted by Gasteiger charge is 2.26. The van der Waals surface area contributed by atoms with Crippen molar-refractivity contribution in [3.05, 3.63) is 11.9 Å². The van der Waals surface area contributed by atoms with Gasteiger partial charge in [-0.15, -0.1) is 5.10 Å². The van der Waals surface area contributed by atoms with Crippen molar-refractivity contribution in [3.8, 4) is 5.88 Å². The van der Waals surface area contributed by atoms with Crippen molar-refractivity contribution < 1.29 is 9.47 Å². The zero-order valence-corrected chi connectivity index (χ0v) is 10.8. The SMILES string of the molecule is COc1nn(C2COC2)c2nc(C(C)C)cnc12. The van der Waals surface area contributed by atoms with E-state index in [0.29, 0.717) is 30.5 Å². The van der Waals surface area contributed by atoms with Crippen molar-refractivity contribution >= 4 is 11.2 Å². The van der Waals surface area contributed by atoms with E-state index in [1.165, 1.54) is 0 Å². The molecule has 3 heterocycles. The summed E-state index contributed by atoms with van der Waals surface area (Å²) in [6.45, 7) is 5.54. The molecule has 2 aromatic rings.